The second kappa shape index (κ2) is 8.85. The average Bonchev–Trinajstić information content (AvgIpc) is 3.13. The molecule has 3 saturated carbocycles. The van der Waals surface area contributed by atoms with Crippen LogP contribution in [0.4, 0.5) is 0 Å². The Balaban J connectivity index is 1.65. The number of carboxylic acids is 1. The van der Waals surface area contributed by atoms with Crippen molar-refractivity contribution >= 4 is 5.97 Å². The normalized spacial score (nSPS) is 36.5. The molecule has 5 atom stereocenters. The second-order valence-corrected chi connectivity index (χ2v) is 8.59. The summed E-state index contributed by atoms with van der Waals surface area (Å²) in [5, 5.41) is 30.0. The number of aliphatic hydroxyl groups excluding tert-OH is 2. The molecule has 26 heavy (non-hydrogen) atoms. The molecule has 0 aromatic heterocycles. The van der Waals surface area contributed by atoms with Crippen molar-refractivity contribution in [3.63, 3.8) is 0 Å². The number of rotatable bonds is 8. The molecule has 0 aromatic rings. The summed E-state index contributed by atoms with van der Waals surface area (Å²) in [6, 6.07) is 0. The predicted molar refractivity (Wildman–Crippen MR) is 98.7 cm³/mol. The van der Waals surface area contributed by atoms with E-state index in [-0.39, 0.29) is 30.1 Å². The van der Waals surface area contributed by atoms with Crippen molar-refractivity contribution in [1.29, 1.82) is 0 Å². The highest BCUT2D eigenvalue weighted by Crippen LogP contribution is 2.59. The Kier molecular flexibility index (Phi) is 6.76. The first-order chi connectivity index (χ1) is 12.5. The van der Waals surface area contributed by atoms with Gasteiger partial charge >= 0.3 is 5.97 Å². The first-order valence-electron chi connectivity index (χ1n) is 10.4. The quantitative estimate of drug-likeness (QED) is 0.454. The van der Waals surface area contributed by atoms with Crippen molar-refractivity contribution in [1.82, 2.24) is 0 Å². The summed E-state index contributed by atoms with van der Waals surface area (Å²) in [5.74, 6) is -0.0174. The lowest BCUT2D eigenvalue weighted by Crippen LogP contribution is -2.32. The Hall–Kier alpha value is -0.910. The Labute approximate surface area is 156 Å². The van der Waals surface area contributed by atoms with Gasteiger partial charge in [0, 0.05) is 6.61 Å². The molecular formula is C21H34O5. The van der Waals surface area contributed by atoms with Crippen molar-refractivity contribution in [3.8, 4) is 0 Å². The Morgan fingerprint density at radius 2 is 1.96 bits per heavy atom. The fourth-order valence-corrected chi connectivity index (χ4v) is 5.85. The van der Waals surface area contributed by atoms with Crippen LogP contribution in [0.1, 0.15) is 64.2 Å². The standard InChI is InChI=1S/C21H34O5/c22-18(15-5-2-1-3-6-15)8-11-21-10-4-7-16(21)13-19(23)17(21)9-12-26-14-20(24)25/h8,11,15-19,22-23H,1-7,9-10,12-14H2,(H,24,25)/t16-,17+,18?,19+,21-/m0/s1. The molecule has 3 rings (SSSR count). The van der Waals surface area contributed by atoms with E-state index in [9.17, 15) is 15.0 Å². The molecule has 5 heteroatoms. The Morgan fingerprint density at radius 1 is 1.19 bits per heavy atom. The minimum Gasteiger partial charge on any atom is -0.480 e. The number of hydrogen-bond acceptors (Lipinski definition) is 4. The highest BCUT2D eigenvalue weighted by Gasteiger charge is 2.54. The molecule has 0 spiro atoms. The molecule has 0 heterocycles. The lowest BCUT2D eigenvalue weighted by atomic mass is 9.71. The Morgan fingerprint density at radius 3 is 2.69 bits per heavy atom. The van der Waals surface area contributed by atoms with Crippen molar-refractivity contribution in [2.45, 2.75) is 76.4 Å². The lowest BCUT2D eigenvalue weighted by molar-refractivity contribution is -0.142. The van der Waals surface area contributed by atoms with Crippen LogP contribution in [0.5, 0.6) is 0 Å². The predicted octanol–water partition coefficient (Wildman–Crippen LogP) is 3.14. The molecular weight excluding hydrogens is 332 g/mol. The molecule has 0 saturated heterocycles. The number of hydrogen-bond donors (Lipinski definition) is 3. The molecule has 0 amide bonds. The van der Waals surface area contributed by atoms with Gasteiger partial charge in [-0.15, -0.1) is 0 Å². The van der Waals surface area contributed by atoms with Gasteiger partial charge in [0.15, 0.2) is 0 Å². The van der Waals surface area contributed by atoms with Gasteiger partial charge in [0.05, 0.1) is 12.2 Å². The zero-order valence-electron chi connectivity index (χ0n) is 15.7. The maximum Gasteiger partial charge on any atom is 0.329 e. The highest BCUT2D eigenvalue weighted by atomic mass is 16.5. The van der Waals surface area contributed by atoms with Gasteiger partial charge in [0.25, 0.3) is 0 Å². The zero-order chi connectivity index (χ0) is 18.6. The van der Waals surface area contributed by atoms with E-state index in [1.54, 1.807) is 0 Å². The number of fused-ring (bicyclic) bond motifs is 1. The van der Waals surface area contributed by atoms with E-state index in [4.69, 9.17) is 9.84 Å². The maximum absolute atomic E-state index is 10.6. The third-order valence-corrected chi connectivity index (χ3v) is 7.14. The van der Waals surface area contributed by atoms with E-state index < -0.39 is 5.97 Å². The Bertz CT molecular complexity index is 499. The number of aliphatic carboxylic acids is 1. The number of aliphatic hydroxyl groups is 2. The van der Waals surface area contributed by atoms with Crippen molar-refractivity contribution < 1.29 is 24.9 Å². The smallest absolute Gasteiger partial charge is 0.329 e. The van der Waals surface area contributed by atoms with Gasteiger partial charge in [-0.25, -0.2) is 4.79 Å². The monoisotopic (exact) mass is 366 g/mol. The summed E-state index contributed by atoms with van der Waals surface area (Å²) in [6.45, 7) is 0.0803. The van der Waals surface area contributed by atoms with Crippen LogP contribution < -0.4 is 0 Å². The van der Waals surface area contributed by atoms with Gasteiger partial charge in [-0.2, -0.15) is 0 Å². The molecule has 0 aliphatic heterocycles. The van der Waals surface area contributed by atoms with E-state index in [0.29, 0.717) is 24.9 Å². The molecule has 0 radical (unpaired) electrons. The number of allylic oxidation sites excluding steroid dienone is 1. The molecule has 1 unspecified atom stereocenters. The zero-order valence-corrected chi connectivity index (χ0v) is 15.7. The van der Waals surface area contributed by atoms with Gasteiger partial charge in [-0.05, 0) is 61.7 Å². The second-order valence-electron chi connectivity index (χ2n) is 8.59. The minimum atomic E-state index is -0.957. The highest BCUT2D eigenvalue weighted by molar-refractivity contribution is 5.67. The molecule has 3 fully saturated rings. The van der Waals surface area contributed by atoms with Crippen LogP contribution in [-0.4, -0.2) is 46.7 Å². The summed E-state index contributed by atoms with van der Waals surface area (Å²) in [6.07, 6.45) is 14.3. The summed E-state index contributed by atoms with van der Waals surface area (Å²) < 4.78 is 5.24. The van der Waals surface area contributed by atoms with Crippen molar-refractivity contribution in [3.05, 3.63) is 12.2 Å². The van der Waals surface area contributed by atoms with Crippen LogP contribution in [-0.2, 0) is 9.53 Å². The topological polar surface area (TPSA) is 87.0 Å². The molecule has 3 aliphatic carbocycles. The summed E-state index contributed by atoms with van der Waals surface area (Å²) in [7, 11) is 0. The van der Waals surface area contributed by atoms with E-state index in [0.717, 1.165) is 38.5 Å². The maximum atomic E-state index is 10.6. The van der Waals surface area contributed by atoms with Gasteiger partial charge in [-0.3, -0.25) is 0 Å². The van der Waals surface area contributed by atoms with Crippen molar-refractivity contribution in [2.75, 3.05) is 13.2 Å². The first-order valence-corrected chi connectivity index (χ1v) is 10.4. The number of ether oxygens (including phenoxy) is 1. The van der Waals surface area contributed by atoms with E-state index in [1.165, 1.54) is 19.3 Å². The minimum absolute atomic E-state index is 0.0539. The summed E-state index contributed by atoms with van der Waals surface area (Å²) in [4.78, 5) is 10.6. The molecule has 3 aliphatic rings. The number of carboxylic acid groups (broad SMARTS) is 1. The van der Waals surface area contributed by atoms with Crippen LogP contribution in [0.25, 0.3) is 0 Å². The molecule has 3 N–H and O–H groups in total. The van der Waals surface area contributed by atoms with Crippen LogP contribution >= 0.6 is 0 Å². The fraction of sp³-hybridized carbons (Fsp3) is 0.857. The van der Waals surface area contributed by atoms with Gasteiger partial charge in [0.2, 0.25) is 0 Å². The molecule has 0 bridgehead atoms. The molecule has 148 valence electrons. The largest absolute Gasteiger partial charge is 0.480 e. The fourth-order valence-electron chi connectivity index (χ4n) is 5.85. The third kappa shape index (κ3) is 4.32. The summed E-state index contributed by atoms with van der Waals surface area (Å²) >= 11 is 0. The SMILES string of the molecule is O=C(O)COCC[C@@H]1[C@H](O)C[C@@H]2CCC[C@]21C=CC(O)C1CCCCC1. The van der Waals surface area contributed by atoms with Crippen LogP contribution in [0, 0.1) is 23.2 Å². The van der Waals surface area contributed by atoms with E-state index in [2.05, 4.69) is 6.08 Å². The van der Waals surface area contributed by atoms with Gasteiger partial charge in [-0.1, -0.05) is 37.8 Å². The molecule has 0 aromatic carbocycles. The first kappa shape index (κ1) is 19.8. The van der Waals surface area contributed by atoms with Crippen LogP contribution in [0.15, 0.2) is 12.2 Å². The summed E-state index contributed by atoms with van der Waals surface area (Å²) in [5.41, 5.74) is -0.0539. The van der Waals surface area contributed by atoms with Crippen LogP contribution in [0.2, 0.25) is 0 Å². The van der Waals surface area contributed by atoms with Gasteiger partial charge in [0.1, 0.15) is 6.61 Å². The van der Waals surface area contributed by atoms with Crippen molar-refractivity contribution in [2.24, 2.45) is 23.2 Å². The van der Waals surface area contributed by atoms with E-state index >= 15 is 0 Å². The average molecular weight is 366 g/mol. The van der Waals surface area contributed by atoms with E-state index in [1.807, 2.05) is 6.08 Å². The number of carbonyl (C=O) groups is 1. The third-order valence-electron chi connectivity index (χ3n) is 7.14. The lowest BCUT2D eigenvalue weighted by Gasteiger charge is -2.34. The van der Waals surface area contributed by atoms with Crippen LogP contribution in [0.3, 0.4) is 0 Å². The van der Waals surface area contributed by atoms with Gasteiger partial charge < -0.3 is 20.1 Å². The molecule has 5 nitrogen and oxygen atoms in total.